The van der Waals surface area contributed by atoms with Gasteiger partial charge in [0.15, 0.2) is 0 Å². The average Bonchev–Trinajstić information content (AvgIpc) is 1.14. The molecule has 0 heterocycles. The van der Waals surface area contributed by atoms with E-state index in [0.29, 0.717) is 0 Å². The maximum absolute atomic E-state index is 9.63. The van der Waals surface area contributed by atoms with Crippen LogP contribution in [0.15, 0.2) is 0 Å². The van der Waals surface area contributed by atoms with Crippen LogP contribution in [0, 0.1) is 0 Å². The first-order chi connectivity index (χ1) is 3.71. The van der Waals surface area contributed by atoms with Crippen LogP contribution in [-0.2, 0) is 13.4 Å². The van der Waals surface area contributed by atoms with E-state index in [2.05, 4.69) is 4.31 Å². The Morgan fingerprint density at radius 1 is 0.917 bits per heavy atom. The van der Waals surface area contributed by atoms with E-state index >= 15 is 0 Å². The number of hydrogen-bond donors (Lipinski definition) is 4. The molecule has 7 nitrogen and oxygen atoms in total. The van der Waals surface area contributed by atoms with Crippen molar-refractivity contribution in [3.05, 3.63) is 0 Å². The maximum atomic E-state index is 9.63. The fourth-order valence-corrected chi connectivity index (χ4v) is 1.25. The van der Waals surface area contributed by atoms with E-state index in [0.717, 1.165) is 0 Å². The second-order valence-corrected chi connectivity index (χ2v) is 3.68. The van der Waals surface area contributed by atoms with Gasteiger partial charge in [0.05, 0.1) is 0 Å². The van der Waals surface area contributed by atoms with E-state index < -0.39 is 15.6 Å². The molecule has 0 aromatic heterocycles. The second kappa shape index (κ2) is 10.7. The zero-order chi connectivity index (χ0) is 7.71. The molecular weight excluding hydrogens is 439 g/mol. The molecule has 0 radical (unpaired) electrons. The van der Waals surface area contributed by atoms with Crippen molar-refractivity contribution in [1.82, 2.24) is 0 Å². The Morgan fingerprint density at radius 3 is 1.08 bits per heavy atom. The summed E-state index contributed by atoms with van der Waals surface area (Å²) in [7, 11) is -10.1. The molecule has 0 rings (SSSR count). The summed E-state index contributed by atoms with van der Waals surface area (Å²) in [6.45, 7) is 0. The normalized spacial score (nSPS) is 10.3. The summed E-state index contributed by atoms with van der Waals surface area (Å²) in [6.07, 6.45) is 0. The molecule has 0 aliphatic carbocycles. The van der Waals surface area contributed by atoms with Crippen LogP contribution in [0.2, 0.25) is 0 Å². The molecule has 12 heteroatoms. The Balaban J connectivity index is -0.000000107. The van der Waals surface area contributed by atoms with Gasteiger partial charge < -0.3 is 19.6 Å². The minimum atomic E-state index is -5.05. The third kappa shape index (κ3) is 24.0. The summed E-state index contributed by atoms with van der Waals surface area (Å²) in [6, 6.07) is 0. The van der Waals surface area contributed by atoms with Crippen LogP contribution in [0.4, 0.5) is 0 Å². The van der Waals surface area contributed by atoms with Crippen molar-refractivity contribution in [2.45, 2.75) is 0 Å². The van der Waals surface area contributed by atoms with Crippen LogP contribution < -0.4 is 0 Å². The van der Waals surface area contributed by atoms with Gasteiger partial charge >= 0.3 is 148 Å². The van der Waals surface area contributed by atoms with Gasteiger partial charge in [0.25, 0.3) is 0 Å². The zero-order valence-corrected chi connectivity index (χ0v) is 5.70. The molecule has 0 amide bonds. The average molecular weight is 449 g/mol. The van der Waals surface area contributed by atoms with Crippen LogP contribution in [0.5, 0.6) is 0 Å². The van der Waals surface area contributed by atoms with Crippen molar-refractivity contribution in [3.63, 3.8) is 0 Å². The first kappa shape index (κ1) is 25.4. The third-order valence-electron chi connectivity index (χ3n) is 0.213. The first-order valence-corrected chi connectivity index (χ1v) is 4.59. The van der Waals surface area contributed by atoms with E-state index in [4.69, 9.17) is 19.6 Å². The van der Waals surface area contributed by atoms with E-state index in [1.54, 1.807) is 0 Å². The minimum absolute atomic E-state index is 0. The summed E-state index contributed by atoms with van der Waals surface area (Å²) < 4.78 is 22.2. The third-order valence-corrected chi connectivity index (χ3v) is 1.91. The van der Waals surface area contributed by atoms with Gasteiger partial charge in [-0.3, -0.25) is 0 Å². The monoisotopic (exact) mass is 450 g/mol. The predicted octanol–water partition coefficient (Wildman–Crippen LogP) is -3.56. The van der Waals surface area contributed by atoms with Crippen LogP contribution in [-0.4, -0.2) is 152 Å². The molecule has 68 valence electrons. The molecule has 0 fully saturated rings. The Morgan fingerprint density at radius 2 is 1.08 bits per heavy atom. The fraction of sp³-hybridized carbons (Fsp3) is 0. The number of rotatable bonds is 2. The van der Waals surface area contributed by atoms with Crippen LogP contribution in [0.1, 0.15) is 0 Å². The van der Waals surface area contributed by atoms with Gasteiger partial charge in [0, 0.05) is 0 Å². The van der Waals surface area contributed by atoms with Crippen molar-refractivity contribution in [3.8, 4) is 0 Å². The molecule has 0 atom stereocenters. The number of phosphoric acid groups is 2. The van der Waals surface area contributed by atoms with E-state index in [1.165, 1.54) is 0 Å². The number of hydrogen-bond acceptors (Lipinski definition) is 3. The van der Waals surface area contributed by atoms with Gasteiger partial charge in [-0.15, -0.1) is 0 Å². The summed E-state index contributed by atoms with van der Waals surface area (Å²) >= 11 is 0. The Bertz CT molecular complexity index is 162. The summed E-state index contributed by atoms with van der Waals surface area (Å²) in [5.74, 6) is 0. The molecule has 0 bridgehead atoms. The van der Waals surface area contributed by atoms with E-state index in [9.17, 15) is 9.13 Å². The molecule has 0 aliphatic rings. The summed E-state index contributed by atoms with van der Waals surface area (Å²) in [4.78, 5) is 31.0. The molecule has 4 N–H and O–H groups in total. The van der Waals surface area contributed by atoms with Crippen molar-refractivity contribution in [2.24, 2.45) is 0 Å². The predicted molar refractivity (Wildman–Crippen MR) is 50.8 cm³/mol. The molecule has 0 aliphatic heterocycles. The SMILES string of the molecule is O=P(O)(O)OP(=O)(O)O.[BaH2].[CaH2].[SrH2]. The van der Waals surface area contributed by atoms with Crippen molar-refractivity contribution < 1.29 is 33.0 Å². The molecule has 0 saturated heterocycles. The van der Waals surface area contributed by atoms with Crippen LogP contribution in [0.3, 0.4) is 0 Å². The Hall–Kier alpha value is 4.57. The van der Waals surface area contributed by atoms with E-state index in [1.807, 2.05) is 0 Å². The van der Waals surface area contributed by atoms with Gasteiger partial charge in [0.1, 0.15) is 0 Å². The van der Waals surface area contributed by atoms with Gasteiger partial charge in [-0.1, -0.05) is 0 Å². The standard InChI is InChI=1S/Ba.Ca.H4O7P2.Sr.6H/c;;1-8(2,3)7-9(4,5)6;;;;;;;/h;;(H2,1,2,3)(H2,4,5,6);;;;;;;. The van der Waals surface area contributed by atoms with Gasteiger partial charge in [0.2, 0.25) is 0 Å². The van der Waals surface area contributed by atoms with Gasteiger partial charge in [-0.2, -0.15) is 4.31 Å². The quantitative estimate of drug-likeness (QED) is 0.254. The van der Waals surface area contributed by atoms with Crippen molar-refractivity contribution >= 4 is 148 Å². The molecule has 0 aromatic carbocycles. The summed E-state index contributed by atoms with van der Waals surface area (Å²) in [5, 5.41) is 0. The molecule has 0 unspecified atom stereocenters. The van der Waals surface area contributed by atoms with Crippen LogP contribution >= 0.6 is 15.6 Å². The zero-order valence-electron chi connectivity index (χ0n) is 3.91. The van der Waals surface area contributed by atoms with Crippen LogP contribution in [0.25, 0.3) is 0 Å². The molecular formula is H10BaCaO7P2Sr. The van der Waals surface area contributed by atoms with Gasteiger partial charge in [-0.05, 0) is 0 Å². The summed E-state index contributed by atoms with van der Waals surface area (Å²) in [5.41, 5.74) is 0. The molecule has 0 spiro atoms. The van der Waals surface area contributed by atoms with Crippen molar-refractivity contribution in [1.29, 1.82) is 0 Å². The first-order valence-electron chi connectivity index (χ1n) is 1.53. The molecule has 12 heavy (non-hydrogen) atoms. The fourth-order valence-electron chi connectivity index (χ4n) is 0.139. The Labute approximate surface area is 176 Å². The van der Waals surface area contributed by atoms with Crippen molar-refractivity contribution in [2.75, 3.05) is 0 Å². The van der Waals surface area contributed by atoms with E-state index in [-0.39, 0.29) is 132 Å². The molecule has 0 aromatic rings. The topological polar surface area (TPSA) is 124 Å². The molecule has 0 saturated carbocycles. The van der Waals surface area contributed by atoms with Gasteiger partial charge in [-0.25, -0.2) is 9.13 Å². The Kier molecular flexibility index (Phi) is 22.7. The second-order valence-electron chi connectivity index (χ2n) is 1.06.